The molecule has 0 saturated heterocycles. The van der Waals surface area contributed by atoms with E-state index < -0.39 is 12.6 Å². The second-order valence-electron chi connectivity index (χ2n) is 5.02. The number of rotatable bonds is 5. The van der Waals surface area contributed by atoms with Crippen LogP contribution < -0.4 is 5.73 Å². The lowest BCUT2D eigenvalue weighted by Gasteiger charge is -2.30. The van der Waals surface area contributed by atoms with E-state index in [4.69, 9.17) is 5.73 Å². The van der Waals surface area contributed by atoms with E-state index in [2.05, 4.69) is 0 Å². The van der Waals surface area contributed by atoms with Crippen LogP contribution in [-0.4, -0.2) is 30.7 Å². The van der Waals surface area contributed by atoms with Gasteiger partial charge in [0.15, 0.2) is 0 Å². The third kappa shape index (κ3) is 5.20. The van der Waals surface area contributed by atoms with E-state index >= 15 is 0 Å². The van der Waals surface area contributed by atoms with Crippen LogP contribution >= 0.6 is 0 Å². The first-order valence-electron chi connectivity index (χ1n) is 6.30. The first-order chi connectivity index (χ1) is 8.70. The third-order valence-corrected chi connectivity index (χ3v) is 3.43. The van der Waals surface area contributed by atoms with Crippen molar-refractivity contribution < 1.29 is 13.2 Å². The molecule has 0 amide bonds. The minimum absolute atomic E-state index is 0.0375. The van der Waals surface area contributed by atoms with Gasteiger partial charge in [-0.15, -0.1) is 0 Å². The molecule has 0 saturated carbocycles. The number of benzene rings is 1. The molecule has 0 bridgehead atoms. The van der Waals surface area contributed by atoms with Crippen molar-refractivity contribution in [2.45, 2.75) is 38.5 Å². The van der Waals surface area contributed by atoms with Crippen LogP contribution in [0.25, 0.3) is 0 Å². The van der Waals surface area contributed by atoms with Crippen LogP contribution in [0, 0.1) is 6.92 Å². The number of alkyl halides is 3. The molecule has 0 fully saturated rings. The summed E-state index contributed by atoms with van der Waals surface area (Å²) in [4.78, 5) is 1.65. The highest BCUT2D eigenvalue weighted by atomic mass is 19.4. The molecule has 0 heterocycles. The van der Waals surface area contributed by atoms with Crippen molar-refractivity contribution in [3.8, 4) is 0 Å². The minimum atomic E-state index is -4.12. The van der Waals surface area contributed by atoms with Gasteiger partial charge in [-0.1, -0.05) is 29.8 Å². The Morgan fingerprint density at radius 3 is 2.21 bits per heavy atom. The van der Waals surface area contributed by atoms with Gasteiger partial charge in [0, 0.05) is 18.6 Å². The standard InChI is InChI=1S/C14H21F3N2/c1-10-4-6-12(7-5-10)13(18)11(2)19(3)9-8-14(15,16)17/h4-7,11,13H,8-9,18H2,1-3H3. The maximum absolute atomic E-state index is 12.2. The Balaban J connectivity index is 2.60. The largest absolute Gasteiger partial charge is 0.390 e. The van der Waals surface area contributed by atoms with Gasteiger partial charge in [-0.2, -0.15) is 13.2 Å². The lowest BCUT2D eigenvalue weighted by molar-refractivity contribution is -0.138. The molecule has 0 aliphatic heterocycles. The lowest BCUT2D eigenvalue weighted by Crippen LogP contribution is -2.39. The van der Waals surface area contributed by atoms with Crippen LogP contribution in [-0.2, 0) is 0 Å². The van der Waals surface area contributed by atoms with Crippen molar-refractivity contribution >= 4 is 0 Å². The highest BCUT2D eigenvalue weighted by Crippen LogP contribution is 2.22. The quantitative estimate of drug-likeness (QED) is 0.893. The molecule has 2 unspecified atom stereocenters. The number of likely N-dealkylation sites (N-methyl/N-ethyl adjacent to an activating group) is 1. The van der Waals surface area contributed by atoms with Gasteiger partial charge in [-0.3, -0.25) is 0 Å². The van der Waals surface area contributed by atoms with Crippen LogP contribution in [0.4, 0.5) is 13.2 Å². The lowest BCUT2D eigenvalue weighted by atomic mass is 9.99. The van der Waals surface area contributed by atoms with E-state index in [-0.39, 0.29) is 18.6 Å². The molecule has 2 nitrogen and oxygen atoms in total. The van der Waals surface area contributed by atoms with Gasteiger partial charge in [-0.25, -0.2) is 0 Å². The van der Waals surface area contributed by atoms with Gasteiger partial charge < -0.3 is 10.6 Å². The summed E-state index contributed by atoms with van der Waals surface area (Å²) in [6, 6.07) is 7.32. The van der Waals surface area contributed by atoms with Crippen LogP contribution in [0.1, 0.15) is 30.5 Å². The monoisotopic (exact) mass is 274 g/mol. The van der Waals surface area contributed by atoms with E-state index in [1.165, 1.54) is 0 Å². The first kappa shape index (κ1) is 16.0. The van der Waals surface area contributed by atoms with E-state index in [9.17, 15) is 13.2 Å². The van der Waals surface area contributed by atoms with Crippen molar-refractivity contribution in [1.29, 1.82) is 0 Å². The maximum atomic E-state index is 12.2. The molecular formula is C14H21F3N2. The van der Waals surface area contributed by atoms with Crippen molar-refractivity contribution in [3.05, 3.63) is 35.4 Å². The Kier molecular flexibility index (Phi) is 5.38. The van der Waals surface area contributed by atoms with Crippen molar-refractivity contribution in [1.82, 2.24) is 4.90 Å². The highest BCUT2D eigenvalue weighted by Gasteiger charge is 2.29. The predicted octanol–water partition coefficient (Wildman–Crippen LogP) is 3.27. The van der Waals surface area contributed by atoms with E-state index in [0.717, 1.165) is 11.1 Å². The summed E-state index contributed by atoms with van der Waals surface area (Å²) in [7, 11) is 1.67. The van der Waals surface area contributed by atoms with Gasteiger partial charge in [0.1, 0.15) is 0 Å². The van der Waals surface area contributed by atoms with Crippen LogP contribution in [0.3, 0.4) is 0 Å². The fraction of sp³-hybridized carbons (Fsp3) is 0.571. The van der Waals surface area contributed by atoms with Gasteiger partial charge in [0.2, 0.25) is 0 Å². The summed E-state index contributed by atoms with van der Waals surface area (Å²) in [6.45, 7) is 3.79. The number of halogens is 3. The highest BCUT2D eigenvalue weighted by molar-refractivity contribution is 5.24. The molecule has 0 aromatic heterocycles. The molecule has 0 aliphatic carbocycles. The second-order valence-corrected chi connectivity index (χ2v) is 5.02. The second kappa shape index (κ2) is 6.39. The predicted molar refractivity (Wildman–Crippen MR) is 70.9 cm³/mol. The summed E-state index contributed by atoms with van der Waals surface area (Å²) in [5, 5.41) is 0. The van der Waals surface area contributed by atoms with Gasteiger partial charge in [0.05, 0.1) is 6.42 Å². The zero-order valence-corrected chi connectivity index (χ0v) is 11.5. The van der Waals surface area contributed by atoms with Crippen LogP contribution in [0.2, 0.25) is 0 Å². The SMILES string of the molecule is Cc1ccc(C(N)C(C)N(C)CCC(F)(F)F)cc1. The average molecular weight is 274 g/mol. The Morgan fingerprint density at radius 2 is 1.74 bits per heavy atom. The topological polar surface area (TPSA) is 29.3 Å². The molecule has 5 heteroatoms. The molecule has 1 rings (SSSR count). The normalized spacial score (nSPS) is 15.6. The molecule has 108 valence electrons. The fourth-order valence-electron chi connectivity index (χ4n) is 1.85. The van der Waals surface area contributed by atoms with Crippen molar-refractivity contribution in [3.63, 3.8) is 0 Å². The fourth-order valence-corrected chi connectivity index (χ4v) is 1.85. The average Bonchev–Trinajstić information content (AvgIpc) is 2.34. The number of hydrogen-bond acceptors (Lipinski definition) is 2. The summed E-state index contributed by atoms with van der Waals surface area (Å²) in [5.41, 5.74) is 8.18. The van der Waals surface area contributed by atoms with E-state index in [0.29, 0.717) is 0 Å². The Morgan fingerprint density at radius 1 is 1.21 bits per heavy atom. The molecule has 0 aliphatic rings. The van der Waals surface area contributed by atoms with Crippen molar-refractivity contribution in [2.75, 3.05) is 13.6 Å². The van der Waals surface area contributed by atoms with Gasteiger partial charge in [0.25, 0.3) is 0 Å². The zero-order valence-electron chi connectivity index (χ0n) is 11.5. The van der Waals surface area contributed by atoms with Crippen LogP contribution in [0.5, 0.6) is 0 Å². The maximum Gasteiger partial charge on any atom is 0.390 e. The summed E-state index contributed by atoms with van der Waals surface area (Å²) in [6.07, 6.45) is -4.93. The molecular weight excluding hydrogens is 253 g/mol. The molecule has 2 atom stereocenters. The summed E-state index contributed by atoms with van der Waals surface area (Å²) in [5.74, 6) is 0. The smallest absolute Gasteiger partial charge is 0.323 e. The van der Waals surface area contributed by atoms with E-state index in [1.807, 2.05) is 38.1 Å². The summed E-state index contributed by atoms with van der Waals surface area (Å²) >= 11 is 0. The van der Waals surface area contributed by atoms with Gasteiger partial charge >= 0.3 is 6.18 Å². The van der Waals surface area contributed by atoms with E-state index in [1.54, 1.807) is 11.9 Å². The number of nitrogens with two attached hydrogens (primary N) is 1. The Labute approximate surface area is 112 Å². The minimum Gasteiger partial charge on any atom is -0.323 e. The third-order valence-electron chi connectivity index (χ3n) is 3.43. The summed E-state index contributed by atoms with van der Waals surface area (Å²) < 4.78 is 36.6. The Bertz CT molecular complexity index is 387. The molecule has 0 radical (unpaired) electrons. The van der Waals surface area contributed by atoms with Gasteiger partial charge in [-0.05, 0) is 26.5 Å². The Hall–Kier alpha value is -1.07. The molecule has 1 aromatic carbocycles. The van der Waals surface area contributed by atoms with Crippen LogP contribution in [0.15, 0.2) is 24.3 Å². The number of nitrogens with zero attached hydrogens (tertiary/aromatic N) is 1. The molecule has 1 aromatic rings. The van der Waals surface area contributed by atoms with Crippen molar-refractivity contribution in [2.24, 2.45) is 5.73 Å². The number of hydrogen-bond donors (Lipinski definition) is 1. The molecule has 2 N–H and O–H groups in total. The first-order valence-corrected chi connectivity index (χ1v) is 6.30. The molecule has 0 spiro atoms. The number of aryl methyl sites for hydroxylation is 1. The molecule has 19 heavy (non-hydrogen) atoms. The zero-order chi connectivity index (χ0) is 14.6.